The van der Waals surface area contributed by atoms with Crippen molar-refractivity contribution in [3.63, 3.8) is 0 Å². The first-order chi connectivity index (χ1) is 8.90. The van der Waals surface area contributed by atoms with Gasteiger partial charge in [-0.05, 0) is 0 Å². The summed E-state index contributed by atoms with van der Waals surface area (Å²) in [6.07, 6.45) is 0. The number of nitrogens with zero attached hydrogens (tertiary/aromatic N) is 2. The summed E-state index contributed by atoms with van der Waals surface area (Å²) in [4.78, 5) is 0. The summed E-state index contributed by atoms with van der Waals surface area (Å²) in [6, 6.07) is 18.3. The Morgan fingerprint density at radius 3 is 2.17 bits per heavy atom. The van der Waals surface area contributed by atoms with E-state index in [0.717, 1.165) is 27.8 Å². The molecular formula is C15H13N3. The van der Waals surface area contributed by atoms with Crippen molar-refractivity contribution in [3.8, 4) is 11.3 Å². The number of rotatable bonds is 2. The molecule has 3 aromatic rings. The molecule has 3 nitrogen and oxygen atoms in total. The van der Waals surface area contributed by atoms with E-state index < -0.39 is 0 Å². The highest BCUT2D eigenvalue weighted by Gasteiger charge is 2.08. The van der Waals surface area contributed by atoms with E-state index in [2.05, 4.69) is 39.8 Å². The maximum absolute atomic E-state index is 4.34. The van der Waals surface area contributed by atoms with E-state index >= 15 is 0 Å². The predicted octanol–water partition coefficient (Wildman–Crippen LogP) is 3.34. The standard InChI is InChI=1S/C15H13N3/c1-16-15-13-10-6-5-9-12(13)14(17-18-15)11-7-3-2-4-8-11/h2-10H,1H3,(H,16,18). The highest BCUT2D eigenvalue weighted by Crippen LogP contribution is 2.28. The Bertz CT molecular complexity index is 678. The minimum Gasteiger partial charge on any atom is -0.371 e. The summed E-state index contributed by atoms with van der Waals surface area (Å²) in [7, 11) is 1.86. The molecule has 1 aromatic heterocycles. The van der Waals surface area contributed by atoms with Crippen molar-refractivity contribution in [1.29, 1.82) is 0 Å². The monoisotopic (exact) mass is 235 g/mol. The molecule has 1 N–H and O–H groups in total. The molecule has 0 unspecified atom stereocenters. The first-order valence-corrected chi connectivity index (χ1v) is 5.89. The fourth-order valence-electron chi connectivity index (χ4n) is 2.10. The molecule has 2 aromatic carbocycles. The maximum Gasteiger partial charge on any atom is 0.156 e. The van der Waals surface area contributed by atoms with Gasteiger partial charge in [-0.2, -0.15) is 0 Å². The lowest BCUT2D eigenvalue weighted by molar-refractivity contribution is 1.06. The average molecular weight is 235 g/mol. The van der Waals surface area contributed by atoms with Gasteiger partial charge in [-0.1, -0.05) is 54.6 Å². The molecule has 0 amide bonds. The van der Waals surface area contributed by atoms with Crippen molar-refractivity contribution >= 4 is 16.6 Å². The third-order valence-corrected chi connectivity index (χ3v) is 2.97. The van der Waals surface area contributed by atoms with E-state index in [1.807, 2.05) is 37.4 Å². The second kappa shape index (κ2) is 4.45. The van der Waals surface area contributed by atoms with Crippen molar-refractivity contribution in [2.24, 2.45) is 0 Å². The van der Waals surface area contributed by atoms with Crippen molar-refractivity contribution in [2.45, 2.75) is 0 Å². The molecule has 18 heavy (non-hydrogen) atoms. The molecule has 0 aliphatic carbocycles. The van der Waals surface area contributed by atoms with E-state index in [9.17, 15) is 0 Å². The molecule has 3 heteroatoms. The quantitative estimate of drug-likeness (QED) is 0.740. The number of aromatic nitrogens is 2. The molecule has 0 saturated carbocycles. The smallest absolute Gasteiger partial charge is 0.156 e. The van der Waals surface area contributed by atoms with E-state index in [-0.39, 0.29) is 0 Å². The zero-order valence-corrected chi connectivity index (χ0v) is 10.1. The molecule has 1 heterocycles. The van der Waals surface area contributed by atoms with Crippen LogP contribution in [0.15, 0.2) is 54.6 Å². The normalized spacial score (nSPS) is 10.5. The summed E-state index contributed by atoms with van der Waals surface area (Å²) in [6.45, 7) is 0. The van der Waals surface area contributed by atoms with Crippen LogP contribution in [0.2, 0.25) is 0 Å². The van der Waals surface area contributed by atoms with Crippen molar-refractivity contribution in [2.75, 3.05) is 12.4 Å². The summed E-state index contributed by atoms with van der Waals surface area (Å²) < 4.78 is 0. The van der Waals surface area contributed by atoms with Gasteiger partial charge in [0.15, 0.2) is 5.82 Å². The van der Waals surface area contributed by atoms with E-state index in [4.69, 9.17) is 0 Å². The van der Waals surface area contributed by atoms with Crippen LogP contribution in [0, 0.1) is 0 Å². The Balaban J connectivity index is 2.32. The van der Waals surface area contributed by atoms with E-state index in [1.165, 1.54) is 0 Å². The molecule has 0 aliphatic rings. The Labute approximate surface area is 105 Å². The zero-order valence-electron chi connectivity index (χ0n) is 10.1. The predicted molar refractivity (Wildman–Crippen MR) is 74.5 cm³/mol. The molecule has 0 fully saturated rings. The molecular weight excluding hydrogens is 222 g/mol. The van der Waals surface area contributed by atoms with Gasteiger partial charge < -0.3 is 5.32 Å². The van der Waals surface area contributed by atoms with Gasteiger partial charge in [-0.15, -0.1) is 10.2 Å². The summed E-state index contributed by atoms with van der Waals surface area (Å²) in [5, 5.41) is 13.9. The van der Waals surface area contributed by atoms with Crippen LogP contribution in [0.5, 0.6) is 0 Å². The van der Waals surface area contributed by atoms with Gasteiger partial charge in [0.2, 0.25) is 0 Å². The van der Waals surface area contributed by atoms with Crippen LogP contribution in [-0.4, -0.2) is 17.2 Å². The topological polar surface area (TPSA) is 37.8 Å². The van der Waals surface area contributed by atoms with Gasteiger partial charge in [-0.25, -0.2) is 0 Å². The molecule has 0 spiro atoms. The first-order valence-electron chi connectivity index (χ1n) is 5.89. The van der Waals surface area contributed by atoms with Gasteiger partial charge in [-0.3, -0.25) is 0 Å². The number of nitrogens with one attached hydrogen (secondary N) is 1. The Hall–Kier alpha value is -2.42. The second-order valence-corrected chi connectivity index (χ2v) is 4.06. The minimum absolute atomic E-state index is 0.810. The van der Waals surface area contributed by atoms with Crippen LogP contribution >= 0.6 is 0 Å². The number of anilines is 1. The Morgan fingerprint density at radius 2 is 1.44 bits per heavy atom. The number of hydrogen-bond donors (Lipinski definition) is 1. The molecule has 88 valence electrons. The lowest BCUT2D eigenvalue weighted by Crippen LogP contribution is -1.98. The van der Waals surface area contributed by atoms with Crippen LogP contribution in [0.3, 0.4) is 0 Å². The lowest BCUT2D eigenvalue weighted by atomic mass is 10.0. The fourth-order valence-corrected chi connectivity index (χ4v) is 2.10. The third kappa shape index (κ3) is 1.70. The van der Waals surface area contributed by atoms with Crippen LogP contribution in [0.1, 0.15) is 0 Å². The largest absolute Gasteiger partial charge is 0.371 e. The van der Waals surface area contributed by atoms with Crippen molar-refractivity contribution in [1.82, 2.24) is 10.2 Å². The fraction of sp³-hybridized carbons (Fsp3) is 0.0667. The van der Waals surface area contributed by atoms with E-state index in [0.29, 0.717) is 0 Å². The molecule has 0 aliphatic heterocycles. The lowest BCUT2D eigenvalue weighted by Gasteiger charge is -2.08. The second-order valence-electron chi connectivity index (χ2n) is 4.06. The zero-order chi connectivity index (χ0) is 12.4. The van der Waals surface area contributed by atoms with E-state index in [1.54, 1.807) is 0 Å². The molecule has 3 rings (SSSR count). The van der Waals surface area contributed by atoms with Gasteiger partial charge in [0.05, 0.1) is 0 Å². The SMILES string of the molecule is CNc1nnc(-c2ccccc2)c2ccccc12. The average Bonchev–Trinajstić information content (AvgIpc) is 2.47. The molecule has 0 atom stereocenters. The van der Waals surface area contributed by atoms with Crippen LogP contribution in [0.25, 0.3) is 22.0 Å². The minimum atomic E-state index is 0.810. The van der Waals surface area contributed by atoms with Crippen molar-refractivity contribution in [3.05, 3.63) is 54.6 Å². The number of fused-ring (bicyclic) bond motifs is 1. The van der Waals surface area contributed by atoms with Crippen LogP contribution < -0.4 is 5.32 Å². The van der Waals surface area contributed by atoms with Gasteiger partial charge >= 0.3 is 0 Å². The summed E-state index contributed by atoms with van der Waals surface area (Å²) in [5.74, 6) is 0.810. The number of hydrogen-bond acceptors (Lipinski definition) is 3. The first kappa shape index (κ1) is 10.7. The summed E-state index contributed by atoms with van der Waals surface area (Å²) >= 11 is 0. The molecule has 0 radical (unpaired) electrons. The Morgan fingerprint density at radius 1 is 0.778 bits per heavy atom. The van der Waals surface area contributed by atoms with Crippen LogP contribution in [-0.2, 0) is 0 Å². The van der Waals surface area contributed by atoms with Crippen molar-refractivity contribution < 1.29 is 0 Å². The van der Waals surface area contributed by atoms with Crippen LogP contribution in [0.4, 0.5) is 5.82 Å². The summed E-state index contributed by atoms with van der Waals surface area (Å²) in [5.41, 5.74) is 2.01. The van der Waals surface area contributed by atoms with Gasteiger partial charge in [0, 0.05) is 23.4 Å². The third-order valence-electron chi connectivity index (χ3n) is 2.97. The molecule has 0 bridgehead atoms. The highest BCUT2D eigenvalue weighted by atomic mass is 15.2. The Kier molecular flexibility index (Phi) is 2.65. The maximum atomic E-state index is 4.34. The highest BCUT2D eigenvalue weighted by molar-refractivity contribution is 5.99. The molecule has 0 saturated heterocycles. The van der Waals surface area contributed by atoms with Gasteiger partial charge in [0.25, 0.3) is 0 Å². The number of benzene rings is 2. The van der Waals surface area contributed by atoms with Gasteiger partial charge in [0.1, 0.15) is 5.69 Å².